The molecule has 0 radical (unpaired) electrons. The third-order valence-electron chi connectivity index (χ3n) is 2.77. The highest BCUT2D eigenvalue weighted by Crippen LogP contribution is 2.25. The molecule has 0 aliphatic rings. The highest BCUT2D eigenvalue weighted by molar-refractivity contribution is 5.61. The van der Waals surface area contributed by atoms with E-state index in [2.05, 4.69) is 4.98 Å². The third-order valence-corrected chi connectivity index (χ3v) is 2.77. The second-order valence-electron chi connectivity index (χ2n) is 3.81. The summed E-state index contributed by atoms with van der Waals surface area (Å²) in [5, 5.41) is 0. The van der Waals surface area contributed by atoms with Gasteiger partial charge in [0.15, 0.2) is 0 Å². The van der Waals surface area contributed by atoms with E-state index in [1.54, 1.807) is 20.4 Å². The van der Waals surface area contributed by atoms with Gasteiger partial charge in [0.25, 0.3) is 0 Å². The molecule has 0 fully saturated rings. The summed E-state index contributed by atoms with van der Waals surface area (Å²) in [5.41, 5.74) is 8.53. The molecular formula is C14H16N2O2. The molecule has 0 saturated carbocycles. The first-order chi connectivity index (χ1) is 8.78. The van der Waals surface area contributed by atoms with Crippen LogP contribution in [0.3, 0.4) is 0 Å². The second-order valence-corrected chi connectivity index (χ2v) is 3.81. The van der Waals surface area contributed by atoms with Crippen LogP contribution in [0.2, 0.25) is 0 Å². The Labute approximate surface area is 106 Å². The Kier molecular flexibility index (Phi) is 3.79. The predicted octanol–water partition coefficient (Wildman–Crippen LogP) is 2.22. The SMILES string of the molecule is COc1ccc(-c2cc(CN)c(OC)cn2)cc1. The Hall–Kier alpha value is -2.07. The first-order valence-electron chi connectivity index (χ1n) is 5.66. The minimum Gasteiger partial charge on any atom is -0.497 e. The lowest BCUT2D eigenvalue weighted by Gasteiger charge is -2.09. The number of pyridine rings is 1. The smallest absolute Gasteiger partial charge is 0.141 e. The molecule has 0 bridgehead atoms. The molecule has 0 aliphatic heterocycles. The Bertz CT molecular complexity index is 524. The molecule has 0 amide bonds. The van der Waals surface area contributed by atoms with E-state index < -0.39 is 0 Å². The van der Waals surface area contributed by atoms with Gasteiger partial charge in [0.1, 0.15) is 11.5 Å². The van der Waals surface area contributed by atoms with Crippen LogP contribution in [0, 0.1) is 0 Å². The quantitative estimate of drug-likeness (QED) is 0.896. The monoisotopic (exact) mass is 244 g/mol. The van der Waals surface area contributed by atoms with Crippen molar-refractivity contribution in [3.05, 3.63) is 42.1 Å². The van der Waals surface area contributed by atoms with E-state index in [0.29, 0.717) is 6.54 Å². The van der Waals surface area contributed by atoms with Crippen molar-refractivity contribution in [2.24, 2.45) is 5.73 Å². The fourth-order valence-electron chi connectivity index (χ4n) is 1.75. The van der Waals surface area contributed by atoms with Crippen LogP contribution >= 0.6 is 0 Å². The zero-order chi connectivity index (χ0) is 13.0. The maximum absolute atomic E-state index is 5.69. The number of benzene rings is 1. The molecule has 0 spiro atoms. The van der Waals surface area contributed by atoms with Crippen molar-refractivity contribution in [1.29, 1.82) is 0 Å². The number of nitrogens with two attached hydrogens (primary N) is 1. The summed E-state index contributed by atoms with van der Waals surface area (Å²) in [7, 11) is 3.26. The zero-order valence-electron chi connectivity index (χ0n) is 10.5. The molecule has 1 heterocycles. The van der Waals surface area contributed by atoms with Crippen molar-refractivity contribution >= 4 is 0 Å². The average molecular weight is 244 g/mol. The number of ether oxygens (including phenoxy) is 2. The lowest BCUT2D eigenvalue weighted by molar-refractivity contribution is 0.408. The molecule has 94 valence electrons. The van der Waals surface area contributed by atoms with Crippen LogP contribution in [-0.2, 0) is 6.54 Å². The summed E-state index contributed by atoms with van der Waals surface area (Å²) in [6, 6.07) is 9.69. The lowest BCUT2D eigenvalue weighted by atomic mass is 10.1. The molecule has 0 aliphatic carbocycles. The minimum absolute atomic E-state index is 0.425. The molecule has 1 aromatic heterocycles. The molecule has 0 saturated heterocycles. The molecule has 2 rings (SSSR count). The van der Waals surface area contributed by atoms with Gasteiger partial charge in [-0.1, -0.05) is 0 Å². The Balaban J connectivity index is 2.37. The first kappa shape index (κ1) is 12.4. The molecule has 4 heteroatoms. The third kappa shape index (κ3) is 2.43. The largest absolute Gasteiger partial charge is 0.497 e. The van der Waals surface area contributed by atoms with Crippen LogP contribution in [0.5, 0.6) is 11.5 Å². The van der Waals surface area contributed by atoms with Crippen molar-refractivity contribution in [3.8, 4) is 22.8 Å². The van der Waals surface area contributed by atoms with Crippen LogP contribution < -0.4 is 15.2 Å². The molecule has 4 nitrogen and oxygen atoms in total. The summed E-state index contributed by atoms with van der Waals surface area (Å²) < 4.78 is 10.3. The summed E-state index contributed by atoms with van der Waals surface area (Å²) in [6.07, 6.45) is 1.70. The van der Waals surface area contributed by atoms with E-state index in [-0.39, 0.29) is 0 Å². The Morgan fingerprint density at radius 2 is 1.83 bits per heavy atom. The molecule has 0 atom stereocenters. The number of aromatic nitrogens is 1. The van der Waals surface area contributed by atoms with E-state index in [1.807, 2.05) is 30.3 Å². The van der Waals surface area contributed by atoms with Gasteiger partial charge in [-0.05, 0) is 30.3 Å². The summed E-state index contributed by atoms with van der Waals surface area (Å²) in [6.45, 7) is 0.425. The number of nitrogens with zero attached hydrogens (tertiary/aromatic N) is 1. The van der Waals surface area contributed by atoms with Crippen molar-refractivity contribution in [3.63, 3.8) is 0 Å². The van der Waals surface area contributed by atoms with E-state index in [9.17, 15) is 0 Å². The van der Waals surface area contributed by atoms with Gasteiger partial charge in [-0.3, -0.25) is 4.98 Å². The van der Waals surface area contributed by atoms with Gasteiger partial charge in [0.2, 0.25) is 0 Å². The van der Waals surface area contributed by atoms with Gasteiger partial charge in [-0.2, -0.15) is 0 Å². The maximum Gasteiger partial charge on any atom is 0.141 e. The van der Waals surface area contributed by atoms with Gasteiger partial charge in [-0.25, -0.2) is 0 Å². The number of methoxy groups -OCH3 is 2. The average Bonchev–Trinajstić information content (AvgIpc) is 2.46. The van der Waals surface area contributed by atoms with E-state index in [4.69, 9.17) is 15.2 Å². The van der Waals surface area contributed by atoms with E-state index in [0.717, 1.165) is 28.3 Å². The summed E-state index contributed by atoms with van der Waals surface area (Å²) in [4.78, 5) is 4.36. The number of rotatable bonds is 4. The van der Waals surface area contributed by atoms with Crippen LogP contribution in [0.1, 0.15) is 5.56 Å². The first-order valence-corrected chi connectivity index (χ1v) is 5.66. The summed E-state index contributed by atoms with van der Waals surface area (Å²) in [5.74, 6) is 1.54. The maximum atomic E-state index is 5.69. The summed E-state index contributed by atoms with van der Waals surface area (Å²) >= 11 is 0. The highest BCUT2D eigenvalue weighted by atomic mass is 16.5. The van der Waals surface area contributed by atoms with Crippen molar-refractivity contribution in [1.82, 2.24) is 4.98 Å². The molecule has 1 aromatic carbocycles. The van der Waals surface area contributed by atoms with Gasteiger partial charge < -0.3 is 15.2 Å². The van der Waals surface area contributed by atoms with Crippen LogP contribution in [0.15, 0.2) is 36.5 Å². The topological polar surface area (TPSA) is 57.4 Å². The standard InChI is InChI=1S/C14H16N2O2/c1-17-12-5-3-10(4-6-12)13-7-11(8-15)14(18-2)9-16-13/h3-7,9H,8,15H2,1-2H3. The van der Waals surface area contributed by atoms with Crippen molar-refractivity contribution in [2.75, 3.05) is 14.2 Å². The van der Waals surface area contributed by atoms with Gasteiger partial charge >= 0.3 is 0 Å². The van der Waals surface area contributed by atoms with Crippen LogP contribution in [0.25, 0.3) is 11.3 Å². The zero-order valence-corrected chi connectivity index (χ0v) is 10.5. The van der Waals surface area contributed by atoms with Crippen molar-refractivity contribution < 1.29 is 9.47 Å². The second kappa shape index (κ2) is 5.51. The normalized spacial score (nSPS) is 10.2. The van der Waals surface area contributed by atoms with Crippen LogP contribution in [0.4, 0.5) is 0 Å². The predicted molar refractivity (Wildman–Crippen MR) is 70.7 cm³/mol. The minimum atomic E-state index is 0.425. The molecule has 18 heavy (non-hydrogen) atoms. The molecule has 0 unspecified atom stereocenters. The number of hydrogen-bond donors (Lipinski definition) is 1. The molecule has 2 aromatic rings. The fraction of sp³-hybridized carbons (Fsp3) is 0.214. The lowest BCUT2D eigenvalue weighted by Crippen LogP contribution is -2.01. The van der Waals surface area contributed by atoms with Gasteiger partial charge in [-0.15, -0.1) is 0 Å². The number of hydrogen-bond acceptors (Lipinski definition) is 4. The van der Waals surface area contributed by atoms with E-state index in [1.165, 1.54) is 0 Å². The van der Waals surface area contributed by atoms with Crippen molar-refractivity contribution in [2.45, 2.75) is 6.54 Å². The molecular weight excluding hydrogens is 228 g/mol. The van der Waals surface area contributed by atoms with Gasteiger partial charge in [0, 0.05) is 17.7 Å². The van der Waals surface area contributed by atoms with E-state index >= 15 is 0 Å². The molecule has 2 N–H and O–H groups in total. The Morgan fingerprint density at radius 1 is 1.11 bits per heavy atom. The van der Waals surface area contributed by atoms with Crippen LogP contribution in [-0.4, -0.2) is 19.2 Å². The Morgan fingerprint density at radius 3 is 2.39 bits per heavy atom. The van der Waals surface area contributed by atoms with Gasteiger partial charge in [0.05, 0.1) is 26.1 Å². The highest BCUT2D eigenvalue weighted by Gasteiger charge is 2.06. The fourth-order valence-corrected chi connectivity index (χ4v) is 1.75.